The standard InChI is InChI=1S/C50H60ClF2N11O4/c1-48(2,30-13-19-62(20-14-30)32-8-9-33-38(26-32)61(4)59-40(33)34-10-12-39(65)56-45(34)66)64-23-17-49(18-24-64)15-21-63(22-16-49)47-54-27-36(51)44(58-47)55-31-7-11-37-35(25-31)41-42(46(67)60(37)3)68-28-50(52,53)43(57-41)29-5-6-29/h7-9,11,25-27,29-30,34,43,57H,5-6,10,12-24,28H2,1-4H3,(H,54,55,58)(H,56,65,66)/t34?,43-/m0/s1. The molecule has 1 aliphatic carbocycles. The molecule has 6 aliphatic rings. The van der Waals surface area contributed by atoms with Gasteiger partial charge in [-0.1, -0.05) is 11.6 Å². The summed E-state index contributed by atoms with van der Waals surface area (Å²) in [5.41, 5.74) is 4.33. The largest absolute Gasteiger partial charge is 0.480 e. The molecule has 4 saturated heterocycles. The number of amides is 2. The Morgan fingerprint density at radius 2 is 1.60 bits per heavy atom. The van der Waals surface area contributed by atoms with Gasteiger partial charge in [-0.3, -0.25) is 29.3 Å². The van der Waals surface area contributed by atoms with Crippen LogP contribution in [0.1, 0.15) is 89.7 Å². The molecule has 5 fully saturated rings. The molecule has 8 heterocycles. The summed E-state index contributed by atoms with van der Waals surface area (Å²) in [6, 6.07) is 10.8. The van der Waals surface area contributed by atoms with Gasteiger partial charge >= 0.3 is 5.92 Å². The number of nitrogens with zero attached hydrogens (tertiary/aromatic N) is 8. The van der Waals surface area contributed by atoms with Gasteiger partial charge in [0.2, 0.25) is 23.5 Å². The van der Waals surface area contributed by atoms with Crippen LogP contribution in [-0.4, -0.2) is 104 Å². The predicted octanol–water partition coefficient (Wildman–Crippen LogP) is 7.73. The fourth-order valence-electron chi connectivity index (χ4n) is 12.0. The molecule has 3 aromatic heterocycles. The summed E-state index contributed by atoms with van der Waals surface area (Å²) in [6.07, 6.45) is 10.5. The molecule has 18 heteroatoms. The van der Waals surface area contributed by atoms with E-state index in [1.54, 1.807) is 19.3 Å². The highest BCUT2D eigenvalue weighted by atomic mass is 35.5. The number of fused-ring (bicyclic) bond motifs is 4. The number of halogens is 3. The van der Waals surface area contributed by atoms with Crippen LogP contribution >= 0.6 is 11.6 Å². The molecule has 3 N–H and O–H groups in total. The van der Waals surface area contributed by atoms with E-state index in [-0.39, 0.29) is 40.1 Å². The van der Waals surface area contributed by atoms with Crippen LogP contribution in [0.25, 0.3) is 21.8 Å². The van der Waals surface area contributed by atoms with Gasteiger partial charge in [-0.2, -0.15) is 10.1 Å². The van der Waals surface area contributed by atoms with Crippen molar-refractivity contribution in [1.29, 1.82) is 0 Å². The molecule has 0 radical (unpaired) electrons. The number of anilines is 5. The molecule has 2 aromatic carbocycles. The minimum atomic E-state index is -3.13. The molecular weight excluding hydrogens is 892 g/mol. The van der Waals surface area contributed by atoms with Gasteiger partial charge in [-0.25, -0.2) is 13.8 Å². The monoisotopic (exact) mass is 951 g/mol. The summed E-state index contributed by atoms with van der Waals surface area (Å²) in [7, 11) is 3.54. The number of hydrogen-bond acceptors (Lipinski definition) is 12. The van der Waals surface area contributed by atoms with E-state index >= 15 is 8.78 Å². The molecular formula is C50H60ClF2N11O4. The van der Waals surface area contributed by atoms with E-state index in [0.717, 1.165) is 81.5 Å². The molecule has 15 nitrogen and oxygen atoms in total. The number of nitrogens with one attached hydrogen (secondary N) is 3. The summed E-state index contributed by atoms with van der Waals surface area (Å²) in [5, 5.41) is 15.5. The topological polar surface area (TPSA) is 155 Å². The lowest BCUT2D eigenvalue weighted by atomic mass is 9.69. The molecule has 11 rings (SSSR count). The number of aromatic nitrogens is 5. The molecule has 360 valence electrons. The second kappa shape index (κ2) is 16.8. The van der Waals surface area contributed by atoms with Gasteiger partial charge in [0.25, 0.3) is 5.56 Å². The number of rotatable bonds is 8. The fraction of sp³-hybridized carbons (Fsp3) is 0.560. The molecule has 5 aromatic rings. The molecule has 1 unspecified atom stereocenters. The van der Waals surface area contributed by atoms with E-state index in [9.17, 15) is 14.4 Å². The zero-order valence-electron chi connectivity index (χ0n) is 39.2. The van der Waals surface area contributed by atoms with Gasteiger partial charge in [0, 0.05) is 74.4 Å². The third-order valence-electron chi connectivity index (χ3n) is 16.6. The number of benzene rings is 2. The van der Waals surface area contributed by atoms with E-state index in [2.05, 4.69) is 67.7 Å². The average Bonchev–Trinajstić information content (AvgIpc) is 4.14. The van der Waals surface area contributed by atoms with E-state index in [1.807, 2.05) is 23.9 Å². The van der Waals surface area contributed by atoms with Crippen LogP contribution in [0, 0.1) is 17.3 Å². The smallest absolute Gasteiger partial charge is 0.301 e. The lowest BCUT2D eigenvalue weighted by molar-refractivity contribution is -0.134. The Kier molecular flexibility index (Phi) is 11.1. The number of carbonyl (C=O) groups is 2. The van der Waals surface area contributed by atoms with E-state index < -0.39 is 30.0 Å². The molecule has 1 saturated carbocycles. The summed E-state index contributed by atoms with van der Waals surface area (Å²) >= 11 is 6.70. The first-order valence-corrected chi connectivity index (χ1v) is 24.7. The molecule has 5 aliphatic heterocycles. The van der Waals surface area contributed by atoms with Crippen molar-refractivity contribution < 1.29 is 23.1 Å². The predicted molar refractivity (Wildman–Crippen MR) is 260 cm³/mol. The van der Waals surface area contributed by atoms with Crippen molar-refractivity contribution in [2.75, 3.05) is 66.3 Å². The Balaban J connectivity index is 0.706. The van der Waals surface area contributed by atoms with Gasteiger partial charge in [0.05, 0.1) is 40.6 Å². The Hall–Kier alpha value is -5.55. The van der Waals surface area contributed by atoms with E-state index in [1.165, 1.54) is 23.1 Å². The lowest BCUT2D eigenvalue weighted by Crippen LogP contribution is -2.57. The van der Waals surface area contributed by atoms with Gasteiger partial charge in [-0.15, -0.1) is 0 Å². The fourth-order valence-corrected chi connectivity index (χ4v) is 12.2. The van der Waals surface area contributed by atoms with Gasteiger partial charge in [0.1, 0.15) is 5.02 Å². The van der Waals surface area contributed by atoms with Crippen LogP contribution in [0.5, 0.6) is 5.75 Å². The summed E-state index contributed by atoms with van der Waals surface area (Å²) in [6.45, 7) is 9.87. The molecule has 2 atom stereocenters. The minimum absolute atomic E-state index is 0.0795. The highest BCUT2D eigenvalue weighted by Gasteiger charge is 2.51. The van der Waals surface area contributed by atoms with Crippen molar-refractivity contribution >= 4 is 74.0 Å². The van der Waals surface area contributed by atoms with Crippen molar-refractivity contribution in [2.24, 2.45) is 31.3 Å². The Morgan fingerprint density at radius 3 is 2.32 bits per heavy atom. The van der Waals surface area contributed by atoms with Gasteiger partial charge < -0.3 is 29.7 Å². The number of likely N-dealkylation sites (tertiary alicyclic amines) is 1. The Bertz CT molecular complexity index is 2870. The van der Waals surface area contributed by atoms with Crippen molar-refractivity contribution in [1.82, 2.24) is 34.5 Å². The normalized spacial score (nSPS) is 23.6. The molecule has 0 bridgehead atoms. The maximum atomic E-state index is 15.2. The third-order valence-corrected chi connectivity index (χ3v) is 16.9. The summed E-state index contributed by atoms with van der Waals surface area (Å²) < 4.78 is 39.3. The van der Waals surface area contributed by atoms with Crippen molar-refractivity contribution in [3.63, 3.8) is 0 Å². The maximum Gasteiger partial charge on any atom is 0.301 e. The van der Waals surface area contributed by atoms with Crippen LogP contribution < -0.4 is 36.0 Å². The Morgan fingerprint density at radius 1 is 0.868 bits per heavy atom. The van der Waals surface area contributed by atoms with Crippen LogP contribution in [0.15, 0.2) is 47.4 Å². The lowest BCUT2D eigenvalue weighted by Gasteiger charge is -2.53. The highest BCUT2D eigenvalue weighted by molar-refractivity contribution is 6.33. The molecule has 68 heavy (non-hydrogen) atoms. The van der Waals surface area contributed by atoms with Crippen molar-refractivity contribution in [3.8, 4) is 5.75 Å². The number of pyridine rings is 1. The number of alkyl halides is 2. The quantitative estimate of drug-likeness (QED) is 0.131. The minimum Gasteiger partial charge on any atom is -0.480 e. The second-order valence-corrected chi connectivity index (χ2v) is 21.3. The number of hydrogen-bond donors (Lipinski definition) is 3. The number of carbonyl (C=O) groups excluding carboxylic acids is 2. The van der Waals surface area contributed by atoms with Gasteiger partial charge in [0.15, 0.2) is 12.4 Å². The van der Waals surface area contributed by atoms with E-state index in [4.69, 9.17) is 26.4 Å². The van der Waals surface area contributed by atoms with Crippen LogP contribution in [-0.2, 0) is 23.7 Å². The average molecular weight is 953 g/mol. The van der Waals surface area contributed by atoms with Crippen LogP contribution in [0.3, 0.4) is 0 Å². The van der Waals surface area contributed by atoms with Crippen molar-refractivity contribution in [2.45, 2.75) is 101 Å². The first-order valence-electron chi connectivity index (χ1n) is 24.4. The number of aryl methyl sites for hydroxylation is 2. The summed E-state index contributed by atoms with van der Waals surface area (Å²) in [5.74, 6) is -2.67. The number of piperidine rings is 4. The second-order valence-electron chi connectivity index (χ2n) is 20.9. The summed E-state index contributed by atoms with van der Waals surface area (Å²) in [4.78, 5) is 54.8. The first kappa shape index (κ1) is 44.9. The highest BCUT2D eigenvalue weighted by Crippen LogP contribution is 2.48. The van der Waals surface area contributed by atoms with Gasteiger partial charge in [-0.05, 0) is 138 Å². The first-order chi connectivity index (χ1) is 32.6. The third kappa shape index (κ3) is 8.00. The SMILES string of the molecule is Cn1nc(C2CCC(=O)NC2=O)c2ccc(N3CCC(C(C)(C)N4CCC5(CCN(c6ncc(Cl)c(Nc7ccc8c(c7)c7c(c(=O)n8C)OCC(F)(F)[C@H](C8CC8)N7)n6)CC5)CC4)CC3)cc21. The molecule has 2 amide bonds. The zero-order valence-corrected chi connectivity index (χ0v) is 40.0. The number of imide groups is 1. The van der Waals surface area contributed by atoms with E-state index in [0.29, 0.717) is 65.0 Å². The van der Waals surface area contributed by atoms with Crippen molar-refractivity contribution in [3.05, 3.63) is 63.7 Å². The van der Waals surface area contributed by atoms with Crippen LogP contribution in [0.4, 0.5) is 37.6 Å². The maximum absolute atomic E-state index is 15.2. The Labute approximate surface area is 398 Å². The molecule has 1 spiro atoms. The van der Waals surface area contributed by atoms with Crippen LogP contribution in [0.2, 0.25) is 5.02 Å². The number of ether oxygens (including phenoxy) is 1. The zero-order chi connectivity index (χ0) is 47.3.